The van der Waals surface area contributed by atoms with Gasteiger partial charge in [-0.25, -0.2) is 0 Å². The van der Waals surface area contributed by atoms with E-state index in [0.29, 0.717) is 0 Å². The van der Waals surface area contributed by atoms with Crippen molar-refractivity contribution in [3.63, 3.8) is 0 Å². The van der Waals surface area contributed by atoms with Gasteiger partial charge in [-0.3, -0.25) is 4.79 Å². The van der Waals surface area contributed by atoms with Gasteiger partial charge < -0.3 is 10.1 Å². The van der Waals surface area contributed by atoms with Crippen molar-refractivity contribution in [3.05, 3.63) is 46.3 Å². The Morgan fingerprint density at radius 2 is 2.25 bits per heavy atom. The van der Waals surface area contributed by atoms with Crippen molar-refractivity contribution < 1.29 is 5.11 Å². The summed E-state index contributed by atoms with van der Waals surface area (Å²) >= 11 is 1.56. The summed E-state index contributed by atoms with van der Waals surface area (Å²) in [5.41, 5.74) is 0.850. The van der Waals surface area contributed by atoms with Gasteiger partial charge in [0.05, 0.1) is 5.03 Å². The third-order valence-corrected chi connectivity index (χ3v) is 3.35. The van der Waals surface area contributed by atoms with Crippen molar-refractivity contribution in [1.82, 2.24) is 4.98 Å². The zero-order chi connectivity index (χ0) is 11.4. The van der Waals surface area contributed by atoms with Crippen molar-refractivity contribution in [2.24, 2.45) is 0 Å². The van der Waals surface area contributed by atoms with E-state index in [4.69, 9.17) is 5.11 Å². The molecule has 1 heterocycles. The summed E-state index contributed by atoms with van der Waals surface area (Å²) < 4.78 is 0. The molecule has 16 heavy (non-hydrogen) atoms. The number of rotatable bonds is 3. The lowest BCUT2D eigenvalue weighted by atomic mass is 10.1. The van der Waals surface area contributed by atoms with Gasteiger partial charge in [-0.05, 0) is 30.5 Å². The molecule has 1 aliphatic rings. The molecule has 0 saturated heterocycles. The average Bonchev–Trinajstić information content (AvgIpc) is 2.32. The number of pyridine rings is 1. The first-order chi connectivity index (χ1) is 7.75. The quantitative estimate of drug-likeness (QED) is 0.791. The summed E-state index contributed by atoms with van der Waals surface area (Å²) in [6.07, 6.45) is 8.71. The highest BCUT2D eigenvalue weighted by Crippen LogP contribution is 2.21. The van der Waals surface area contributed by atoms with Crippen LogP contribution in [0, 0.1) is 0 Å². The first-order valence-corrected chi connectivity index (χ1v) is 6.15. The van der Waals surface area contributed by atoms with Crippen LogP contribution in [0.1, 0.15) is 12.8 Å². The van der Waals surface area contributed by atoms with Crippen LogP contribution >= 0.6 is 11.8 Å². The Morgan fingerprint density at radius 1 is 1.38 bits per heavy atom. The largest absolute Gasteiger partial charge is 0.503 e. The molecule has 1 aliphatic carbocycles. The molecule has 0 aromatic carbocycles. The summed E-state index contributed by atoms with van der Waals surface area (Å²) in [6.45, 7) is 0. The Kier molecular flexibility index (Phi) is 3.51. The highest BCUT2D eigenvalue weighted by atomic mass is 32.2. The number of hydrogen-bond donors (Lipinski definition) is 2. The Morgan fingerprint density at radius 3 is 2.94 bits per heavy atom. The molecule has 0 spiro atoms. The van der Waals surface area contributed by atoms with Crippen LogP contribution in [0.25, 0.3) is 0 Å². The first-order valence-electron chi connectivity index (χ1n) is 5.16. The fourth-order valence-electron chi connectivity index (χ4n) is 1.47. The van der Waals surface area contributed by atoms with Gasteiger partial charge in [-0.15, -0.1) is 11.8 Å². The summed E-state index contributed by atoms with van der Waals surface area (Å²) in [5, 5.41) is 9.87. The molecule has 0 amide bonds. The Bertz CT molecular complexity index is 488. The standard InChI is InChI=1S/C12H13NO2S/c14-10-6-7-11(13-12(10)15)16-8-9-4-2-1-3-5-9/h2,4-7,14H,1,3,8H2,(H,13,15). The van der Waals surface area contributed by atoms with Crippen LogP contribution in [-0.2, 0) is 0 Å². The van der Waals surface area contributed by atoms with Gasteiger partial charge in [0, 0.05) is 5.75 Å². The molecule has 2 rings (SSSR count). The van der Waals surface area contributed by atoms with Crippen LogP contribution in [0.3, 0.4) is 0 Å². The average molecular weight is 235 g/mol. The fraction of sp³-hybridized carbons (Fsp3) is 0.250. The first kappa shape index (κ1) is 11.1. The van der Waals surface area contributed by atoms with E-state index in [1.807, 2.05) is 0 Å². The van der Waals surface area contributed by atoms with E-state index < -0.39 is 5.56 Å². The number of thioether (sulfide) groups is 1. The van der Waals surface area contributed by atoms with Crippen LogP contribution in [0.5, 0.6) is 5.75 Å². The Balaban J connectivity index is 1.99. The topological polar surface area (TPSA) is 53.1 Å². The monoisotopic (exact) mass is 235 g/mol. The van der Waals surface area contributed by atoms with Crippen LogP contribution in [0.15, 0.2) is 45.8 Å². The van der Waals surface area contributed by atoms with Crippen molar-refractivity contribution in [2.75, 3.05) is 5.75 Å². The summed E-state index contributed by atoms with van der Waals surface area (Å²) in [5.74, 6) is 0.609. The van der Waals surface area contributed by atoms with E-state index in [9.17, 15) is 4.79 Å². The van der Waals surface area contributed by atoms with Gasteiger partial charge >= 0.3 is 0 Å². The maximum absolute atomic E-state index is 11.1. The molecular formula is C12H13NO2S. The lowest BCUT2D eigenvalue weighted by molar-refractivity contribution is 0.465. The molecule has 0 saturated carbocycles. The summed E-state index contributed by atoms with van der Waals surface area (Å²) in [6, 6.07) is 3.14. The van der Waals surface area contributed by atoms with Gasteiger partial charge in [0.25, 0.3) is 5.56 Å². The molecule has 0 aliphatic heterocycles. The second-order valence-electron chi connectivity index (χ2n) is 3.58. The van der Waals surface area contributed by atoms with Gasteiger partial charge in [0.2, 0.25) is 0 Å². The van der Waals surface area contributed by atoms with Gasteiger partial charge in [0.15, 0.2) is 5.75 Å². The molecule has 84 valence electrons. The van der Waals surface area contributed by atoms with Crippen molar-refractivity contribution in [2.45, 2.75) is 17.9 Å². The number of nitrogens with one attached hydrogen (secondary N) is 1. The molecule has 0 fully saturated rings. The maximum Gasteiger partial charge on any atom is 0.290 e. The number of aromatic nitrogens is 1. The maximum atomic E-state index is 11.1. The second kappa shape index (κ2) is 5.07. The molecule has 0 bridgehead atoms. The molecule has 0 radical (unpaired) electrons. The highest BCUT2D eigenvalue weighted by molar-refractivity contribution is 7.99. The van der Waals surface area contributed by atoms with Gasteiger partial charge in [0.1, 0.15) is 0 Å². The van der Waals surface area contributed by atoms with E-state index in [1.54, 1.807) is 17.8 Å². The minimum Gasteiger partial charge on any atom is -0.503 e. The van der Waals surface area contributed by atoms with E-state index in [0.717, 1.165) is 23.6 Å². The summed E-state index contributed by atoms with van der Waals surface area (Å²) in [7, 11) is 0. The third-order valence-electron chi connectivity index (χ3n) is 2.33. The third kappa shape index (κ3) is 2.79. The van der Waals surface area contributed by atoms with Gasteiger partial charge in [-0.1, -0.05) is 18.2 Å². The number of allylic oxidation sites excluding steroid dienone is 3. The lowest BCUT2D eigenvalue weighted by Gasteiger charge is -2.06. The molecule has 0 atom stereocenters. The van der Waals surface area contributed by atoms with Gasteiger partial charge in [-0.2, -0.15) is 0 Å². The number of aromatic amines is 1. The zero-order valence-corrected chi connectivity index (χ0v) is 9.59. The fourth-order valence-corrected chi connectivity index (χ4v) is 2.33. The van der Waals surface area contributed by atoms with Crippen LogP contribution in [-0.4, -0.2) is 15.8 Å². The smallest absolute Gasteiger partial charge is 0.290 e. The molecule has 3 nitrogen and oxygen atoms in total. The number of hydrogen-bond acceptors (Lipinski definition) is 3. The van der Waals surface area contributed by atoms with Crippen LogP contribution in [0.4, 0.5) is 0 Å². The normalized spacial score (nSPS) is 14.9. The number of aromatic hydroxyl groups is 1. The molecule has 4 heteroatoms. The minimum absolute atomic E-state index is 0.235. The zero-order valence-electron chi connectivity index (χ0n) is 8.77. The minimum atomic E-state index is -0.432. The van der Waals surface area contributed by atoms with E-state index in [1.165, 1.54) is 11.6 Å². The Hall–Kier alpha value is -1.42. The molecule has 0 unspecified atom stereocenters. The Labute approximate surface area is 97.9 Å². The highest BCUT2D eigenvalue weighted by Gasteiger charge is 2.02. The second-order valence-corrected chi connectivity index (χ2v) is 4.60. The van der Waals surface area contributed by atoms with Crippen molar-refractivity contribution in [3.8, 4) is 5.75 Å². The SMILES string of the molecule is O=c1[nH]c(SCC2=CCCC=C2)ccc1O. The molecule has 2 N–H and O–H groups in total. The predicted octanol–water partition coefficient (Wildman–Crippen LogP) is 2.45. The number of H-pyrrole nitrogens is 1. The van der Waals surface area contributed by atoms with E-state index in [-0.39, 0.29) is 5.75 Å². The van der Waals surface area contributed by atoms with E-state index in [2.05, 4.69) is 23.2 Å². The van der Waals surface area contributed by atoms with Crippen molar-refractivity contribution in [1.29, 1.82) is 0 Å². The lowest BCUT2D eigenvalue weighted by Crippen LogP contribution is -2.05. The molecule has 1 aromatic rings. The summed E-state index contributed by atoms with van der Waals surface area (Å²) in [4.78, 5) is 13.8. The molecule has 1 aromatic heterocycles. The van der Waals surface area contributed by atoms with Crippen LogP contribution < -0.4 is 5.56 Å². The van der Waals surface area contributed by atoms with Crippen molar-refractivity contribution >= 4 is 11.8 Å². The predicted molar refractivity (Wildman–Crippen MR) is 65.9 cm³/mol. The van der Waals surface area contributed by atoms with Crippen LogP contribution in [0.2, 0.25) is 0 Å². The van der Waals surface area contributed by atoms with E-state index >= 15 is 0 Å². The molecular weight excluding hydrogens is 222 g/mol.